The van der Waals surface area contributed by atoms with Gasteiger partial charge in [-0.05, 0) is 23.4 Å². The summed E-state index contributed by atoms with van der Waals surface area (Å²) in [4.78, 5) is 0. The largest absolute Gasteiger partial charge is 0.315 e. The molecule has 0 saturated heterocycles. The fraction of sp³-hybridized carbons (Fsp3) is 0.929. The minimum Gasteiger partial charge on any atom is -0.315 e. The van der Waals surface area contributed by atoms with Gasteiger partial charge in [-0.25, -0.2) is 4.68 Å². The number of nitrogens with one attached hydrogen (secondary N) is 1. The Morgan fingerprint density at radius 3 is 2.55 bits per heavy atom. The van der Waals surface area contributed by atoms with Crippen molar-refractivity contribution in [2.45, 2.75) is 70.5 Å². The quantitative estimate of drug-likeness (QED) is 0.448. The van der Waals surface area contributed by atoms with E-state index in [-0.39, 0.29) is 0 Å². The maximum absolute atomic E-state index is 4.09. The van der Waals surface area contributed by atoms with Crippen LogP contribution in [0.1, 0.15) is 58.8 Å². The molecule has 20 heavy (non-hydrogen) atoms. The minimum atomic E-state index is 0.847. The van der Waals surface area contributed by atoms with Gasteiger partial charge in [0.15, 0.2) is 0 Å². The zero-order valence-electron chi connectivity index (χ0n) is 13.0. The minimum absolute atomic E-state index is 0.847. The maximum atomic E-state index is 4.09. The molecule has 0 atom stereocenters. The van der Waals surface area contributed by atoms with Gasteiger partial charge in [-0.15, -0.1) is 5.10 Å². The van der Waals surface area contributed by atoms with Gasteiger partial charge in [-0.2, -0.15) is 0 Å². The number of tetrazole rings is 1. The Morgan fingerprint density at radius 1 is 1.05 bits per heavy atom. The normalized spacial score (nSPS) is 11.1. The number of unbranched alkanes of at least 4 members (excludes halogenated alkanes) is 6. The Labute approximate surface area is 127 Å². The highest BCUT2D eigenvalue weighted by atomic mass is 32.2. The number of hydrogen-bond acceptors (Lipinski definition) is 5. The van der Waals surface area contributed by atoms with Gasteiger partial charge in [-0.3, -0.25) is 0 Å². The van der Waals surface area contributed by atoms with E-state index in [1.807, 2.05) is 4.68 Å². The first kappa shape index (κ1) is 17.4. The summed E-state index contributed by atoms with van der Waals surface area (Å²) in [5.41, 5.74) is 0. The Bertz CT molecular complexity index is 329. The molecule has 5 nitrogen and oxygen atoms in total. The number of nitrogens with zero attached hydrogens (tertiary/aromatic N) is 4. The second kappa shape index (κ2) is 12.1. The van der Waals surface area contributed by atoms with Gasteiger partial charge in [0.1, 0.15) is 0 Å². The molecular weight excluding hydrogens is 270 g/mol. The average molecular weight is 299 g/mol. The molecule has 1 N–H and O–H groups in total. The zero-order chi connectivity index (χ0) is 14.5. The average Bonchev–Trinajstić information content (AvgIpc) is 2.90. The van der Waals surface area contributed by atoms with Crippen LogP contribution in [0.25, 0.3) is 0 Å². The van der Waals surface area contributed by atoms with Crippen LogP contribution in [0, 0.1) is 0 Å². The molecule has 116 valence electrons. The SMILES string of the molecule is CCCCCCCCCSc1nnnn1CCNCC. The third kappa shape index (κ3) is 7.85. The summed E-state index contributed by atoms with van der Waals surface area (Å²) in [6.07, 6.45) is 9.45. The summed E-state index contributed by atoms with van der Waals surface area (Å²) in [5.74, 6) is 1.12. The van der Waals surface area contributed by atoms with Crippen molar-refractivity contribution < 1.29 is 0 Å². The van der Waals surface area contributed by atoms with Crippen molar-refractivity contribution in [1.82, 2.24) is 25.5 Å². The van der Waals surface area contributed by atoms with E-state index in [4.69, 9.17) is 0 Å². The summed E-state index contributed by atoms with van der Waals surface area (Å²) < 4.78 is 1.90. The lowest BCUT2D eigenvalue weighted by Gasteiger charge is -2.04. The van der Waals surface area contributed by atoms with Crippen LogP contribution in [0.15, 0.2) is 5.16 Å². The van der Waals surface area contributed by atoms with Crippen molar-refractivity contribution in [3.05, 3.63) is 0 Å². The van der Waals surface area contributed by atoms with Crippen LogP contribution in [0.2, 0.25) is 0 Å². The molecular formula is C14H29N5S. The molecule has 0 saturated carbocycles. The molecule has 0 fully saturated rings. The first-order valence-corrected chi connectivity index (χ1v) is 8.96. The molecule has 0 aliphatic carbocycles. The van der Waals surface area contributed by atoms with Crippen LogP contribution in [0.3, 0.4) is 0 Å². The van der Waals surface area contributed by atoms with Gasteiger partial charge in [0, 0.05) is 12.3 Å². The van der Waals surface area contributed by atoms with Crippen LogP contribution in [-0.4, -0.2) is 39.0 Å². The summed E-state index contributed by atoms with van der Waals surface area (Å²) in [6, 6.07) is 0. The topological polar surface area (TPSA) is 55.6 Å². The van der Waals surface area contributed by atoms with Crippen molar-refractivity contribution in [3.8, 4) is 0 Å². The van der Waals surface area contributed by atoms with E-state index in [1.54, 1.807) is 11.8 Å². The van der Waals surface area contributed by atoms with E-state index in [9.17, 15) is 0 Å². The van der Waals surface area contributed by atoms with Crippen molar-refractivity contribution in [2.75, 3.05) is 18.8 Å². The fourth-order valence-corrected chi connectivity index (χ4v) is 2.93. The molecule has 0 aliphatic heterocycles. The highest BCUT2D eigenvalue weighted by molar-refractivity contribution is 7.99. The molecule has 0 unspecified atom stereocenters. The highest BCUT2D eigenvalue weighted by Crippen LogP contribution is 2.16. The van der Waals surface area contributed by atoms with Gasteiger partial charge in [-0.1, -0.05) is 64.1 Å². The molecule has 0 aliphatic rings. The number of aromatic nitrogens is 4. The molecule has 1 heterocycles. The molecule has 1 aromatic heterocycles. The molecule has 0 aromatic carbocycles. The Hall–Kier alpha value is -0.620. The van der Waals surface area contributed by atoms with Gasteiger partial charge in [0.05, 0.1) is 6.54 Å². The van der Waals surface area contributed by atoms with Crippen LogP contribution in [0.5, 0.6) is 0 Å². The molecule has 0 amide bonds. The number of hydrogen-bond donors (Lipinski definition) is 1. The summed E-state index contributed by atoms with van der Waals surface area (Å²) in [7, 11) is 0. The Balaban J connectivity index is 2.05. The van der Waals surface area contributed by atoms with E-state index in [1.165, 1.54) is 44.9 Å². The summed E-state index contributed by atoms with van der Waals surface area (Å²) in [5, 5.41) is 16.1. The number of thioether (sulfide) groups is 1. The standard InChI is InChI=1S/C14H29N5S/c1-3-5-6-7-8-9-10-13-20-14-16-17-18-19(14)12-11-15-4-2/h15H,3-13H2,1-2H3. The molecule has 1 rings (SSSR count). The molecule has 6 heteroatoms. The van der Waals surface area contributed by atoms with E-state index >= 15 is 0 Å². The van der Waals surface area contributed by atoms with E-state index in [0.29, 0.717) is 0 Å². The van der Waals surface area contributed by atoms with Gasteiger partial charge in [0.2, 0.25) is 5.16 Å². The maximum Gasteiger partial charge on any atom is 0.209 e. The lowest BCUT2D eigenvalue weighted by Crippen LogP contribution is -2.20. The smallest absolute Gasteiger partial charge is 0.209 e. The second-order valence-corrected chi connectivity index (χ2v) is 6.07. The lowest BCUT2D eigenvalue weighted by atomic mass is 10.1. The fourth-order valence-electron chi connectivity index (χ4n) is 2.02. The van der Waals surface area contributed by atoms with Gasteiger partial charge < -0.3 is 5.32 Å². The van der Waals surface area contributed by atoms with Crippen molar-refractivity contribution in [3.63, 3.8) is 0 Å². The molecule has 0 spiro atoms. The monoisotopic (exact) mass is 299 g/mol. The van der Waals surface area contributed by atoms with Gasteiger partial charge in [0.25, 0.3) is 0 Å². The predicted octanol–water partition coefficient (Wildman–Crippen LogP) is 3.13. The molecule has 0 bridgehead atoms. The third-order valence-corrected chi connectivity index (χ3v) is 4.27. The van der Waals surface area contributed by atoms with Crippen LogP contribution < -0.4 is 5.32 Å². The first-order valence-electron chi connectivity index (χ1n) is 7.98. The Kier molecular flexibility index (Phi) is 10.6. The van der Waals surface area contributed by atoms with Crippen molar-refractivity contribution in [2.24, 2.45) is 0 Å². The van der Waals surface area contributed by atoms with Crippen molar-refractivity contribution >= 4 is 11.8 Å². The third-order valence-electron chi connectivity index (χ3n) is 3.23. The highest BCUT2D eigenvalue weighted by Gasteiger charge is 2.05. The number of rotatable bonds is 13. The predicted molar refractivity (Wildman–Crippen MR) is 85.1 cm³/mol. The lowest BCUT2D eigenvalue weighted by molar-refractivity contribution is 0.517. The summed E-state index contributed by atoms with van der Waals surface area (Å²) in [6.45, 7) is 7.13. The van der Waals surface area contributed by atoms with Crippen LogP contribution >= 0.6 is 11.8 Å². The van der Waals surface area contributed by atoms with E-state index in [2.05, 4.69) is 34.7 Å². The second-order valence-electron chi connectivity index (χ2n) is 5.01. The van der Waals surface area contributed by atoms with Crippen LogP contribution in [-0.2, 0) is 6.54 Å². The van der Waals surface area contributed by atoms with Crippen LogP contribution in [0.4, 0.5) is 0 Å². The Morgan fingerprint density at radius 2 is 1.80 bits per heavy atom. The van der Waals surface area contributed by atoms with Gasteiger partial charge >= 0.3 is 0 Å². The van der Waals surface area contributed by atoms with E-state index in [0.717, 1.165) is 30.5 Å². The number of likely N-dealkylation sites (N-methyl/N-ethyl adjacent to an activating group) is 1. The molecule has 1 aromatic rings. The van der Waals surface area contributed by atoms with Crippen molar-refractivity contribution in [1.29, 1.82) is 0 Å². The van der Waals surface area contributed by atoms with E-state index < -0.39 is 0 Å². The molecule has 0 radical (unpaired) electrons. The zero-order valence-corrected chi connectivity index (χ0v) is 13.8. The first-order chi connectivity index (χ1) is 9.88. The summed E-state index contributed by atoms with van der Waals surface area (Å²) >= 11 is 1.78.